The van der Waals surface area contributed by atoms with Gasteiger partial charge in [0.15, 0.2) is 5.78 Å². The molecule has 0 atom stereocenters. The molecule has 0 fully saturated rings. The van der Waals surface area contributed by atoms with Gasteiger partial charge < -0.3 is 24.4 Å². The summed E-state index contributed by atoms with van der Waals surface area (Å²) in [5.74, 6) is -0.293. The number of halogens is 1. The monoisotopic (exact) mass is 596 g/mol. The average Bonchev–Trinajstić information content (AvgIpc) is 3.00. The second-order valence-corrected chi connectivity index (χ2v) is 11.2. The van der Waals surface area contributed by atoms with Crippen molar-refractivity contribution in [1.82, 2.24) is 0 Å². The zero-order valence-corrected chi connectivity index (χ0v) is 25.4. The zero-order chi connectivity index (χ0) is 31.8. The molecule has 5 rings (SSSR count). The van der Waals surface area contributed by atoms with E-state index in [0.29, 0.717) is 39.4 Å². The topological polar surface area (TPSA) is 94.2 Å². The van der Waals surface area contributed by atoms with Crippen LogP contribution in [-0.4, -0.2) is 37.4 Å². The molecule has 0 radical (unpaired) electrons. The first-order valence-electron chi connectivity index (χ1n) is 14.0. The van der Waals surface area contributed by atoms with Crippen LogP contribution in [0.1, 0.15) is 52.6 Å². The minimum atomic E-state index is -0.826. The van der Waals surface area contributed by atoms with E-state index in [9.17, 15) is 18.8 Å². The van der Waals surface area contributed by atoms with E-state index in [4.69, 9.17) is 14.2 Å². The van der Waals surface area contributed by atoms with Gasteiger partial charge in [0, 0.05) is 35.9 Å². The SMILES string of the molecule is COc1cc(OC(=O)c2cccc(C(C)=O)c2)ccc1-c1ccc2c(c1COc1cc(F)ccc1C)N(C)C(=O)C(C)(C)N2. The van der Waals surface area contributed by atoms with Gasteiger partial charge in [0.1, 0.15) is 35.2 Å². The van der Waals surface area contributed by atoms with E-state index >= 15 is 0 Å². The minimum absolute atomic E-state index is 0.0227. The number of nitrogens with zero attached hydrogens (tertiary/aromatic N) is 1. The molecule has 0 saturated heterocycles. The van der Waals surface area contributed by atoms with Crippen molar-refractivity contribution in [3.63, 3.8) is 0 Å². The Morgan fingerprint density at radius 3 is 2.39 bits per heavy atom. The molecule has 1 heterocycles. The van der Waals surface area contributed by atoms with Crippen LogP contribution in [-0.2, 0) is 11.4 Å². The van der Waals surface area contributed by atoms with E-state index in [2.05, 4.69) is 5.32 Å². The van der Waals surface area contributed by atoms with E-state index in [-0.39, 0.29) is 29.6 Å². The fourth-order valence-corrected chi connectivity index (χ4v) is 5.30. The Bertz CT molecular complexity index is 1800. The number of esters is 1. The van der Waals surface area contributed by atoms with Gasteiger partial charge in [-0.2, -0.15) is 0 Å². The quantitative estimate of drug-likeness (QED) is 0.133. The molecule has 4 aromatic carbocycles. The van der Waals surface area contributed by atoms with Gasteiger partial charge in [0.05, 0.1) is 24.0 Å². The van der Waals surface area contributed by atoms with Gasteiger partial charge >= 0.3 is 5.97 Å². The van der Waals surface area contributed by atoms with Crippen molar-refractivity contribution >= 4 is 29.0 Å². The average molecular weight is 597 g/mol. The summed E-state index contributed by atoms with van der Waals surface area (Å²) in [6.45, 7) is 6.91. The van der Waals surface area contributed by atoms with Gasteiger partial charge in [-0.25, -0.2) is 9.18 Å². The molecule has 1 N–H and O–H groups in total. The van der Waals surface area contributed by atoms with Crippen molar-refractivity contribution in [1.29, 1.82) is 0 Å². The van der Waals surface area contributed by atoms with Crippen molar-refractivity contribution in [2.45, 2.75) is 39.8 Å². The van der Waals surface area contributed by atoms with Crippen LogP contribution in [0, 0.1) is 12.7 Å². The summed E-state index contributed by atoms with van der Waals surface area (Å²) in [7, 11) is 3.22. The highest BCUT2D eigenvalue weighted by Gasteiger charge is 2.38. The number of nitrogens with one attached hydrogen (secondary N) is 1. The highest BCUT2D eigenvalue weighted by molar-refractivity contribution is 6.09. The number of Topliss-reactive ketones (excluding diaryl/α,β-unsaturated/α-hetero) is 1. The van der Waals surface area contributed by atoms with Crippen LogP contribution < -0.4 is 24.4 Å². The Labute approximate surface area is 255 Å². The van der Waals surface area contributed by atoms with Gasteiger partial charge in [-0.3, -0.25) is 9.59 Å². The lowest BCUT2D eigenvalue weighted by Gasteiger charge is -2.39. The molecule has 0 aromatic heterocycles. The summed E-state index contributed by atoms with van der Waals surface area (Å²) in [5, 5.41) is 3.32. The Morgan fingerprint density at radius 2 is 1.66 bits per heavy atom. The second-order valence-electron chi connectivity index (χ2n) is 11.2. The lowest BCUT2D eigenvalue weighted by Crippen LogP contribution is -2.52. The van der Waals surface area contributed by atoms with Gasteiger partial charge in [0.25, 0.3) is 5.91 Å². The number of fused-ring (bicyclic) bond motifs is 1. The van der Waals surface area contributed by atoms with Crippen LogP contribution in [0.3, 0.4) is 0 Å². The predicted molar refractivity (Wildman–Crippen MR) is 166 cm³/mol. The number of ketones is 1. The standard InChI is InChI=1S/C35H33FN2O6/c1-20-10-11-24(36)17-30(20)43-19-28-26(14-15-29-32(28)38(5)34(41)35(3,4)37-29)27-13-12-25(18-31(27)42-6)44-33(40)23-9-7-8-22(16-23)21(2)39/h7-18,37H,19H2,1-6H3. The number of carbonyl (C=O) groups excluding carboxylic acids is 3. The van der Waals surface area contributed by atoms with Crippen LogP contribution >= 0.6 is 0 Å². The largest absolute Gasteiger partial charge is 0.496 e. The maximum absolute atomic E-state index is 14.1. The molecule has 9 heteroatoms. The normalized spacial score (nSPS) is 13.5. The lowest BCUT2D eigenvalue weighted by atomic mass is 9.91. The van der Waals surface area contributed by atoms with Crippen molar-refractivity contribution in [3.05, 3.63) is 101 Å². The number of hydrogen-bond acceptors (Lipinski definition) is 7. The predicted octanol–water partition coefficient (Wildman–Crippen LogP) is 6.98. The third-order valence-electron chi connectivity index (χ3n) is 7.61. The fraction of sp³-hybridized carbons (Fsp3) is 0.229. The van der Waals surface area contributed by atoms with E-state index < -0.39 is 17.3 Å². The van der Waals surface area contributed by atoms with Crippen LogP contribution in [0.15, 0.2) is 72.8 Å². The van der Waals surface area contributed by atoms with Crippen LogP contribution in [0.5, 0.6) is 17.2 Å². The smallest absolute Gasteiger partial charge is 0.343 e. The third-order valence-corrected chi connectivity index (χ3v) is 7.61. The summed E-state index contributed by atoms with van der Waals surface area (Å²) >= 11 is 0. The fourth-order valence-electron chi connectivity index (χ4n) is 5.30. The molecule has 226 valence electrons. The summed E-state index contributed by atoms with van der Waals surface area (Å²) in [5.41, 5.74) is 4.00. The Balaban J connectivity index is 1.55. The summed E-state index contributed by atoms with van der Waals surface area (Å²) in [6.07, 6.45) is 0. The van der Waals surface area contributed by atoms with Crippen molar-refractivity contribution in [3.8, 4) is 28.4 Å². The van der Waals surface area contributed by atoms with E-state index in [1.54, 1.807) is 54.4 Å². The number of anilines is 2. The number of ether oxygens (including phenoxy) is 3. The van der Waals surface area contributed by atoms with E-state index in [1.165, 1.54) is 32.2 Å². The second kappa shape index (κ2) is 11.8. The number of methoxy groups -OCH3 is 1. The highest BCUT2D eigenvalue weighted by atomic mass is 19.1. The number of amides is 1. The number of carbonyl (C=O) groups is 3. The molecule has 1 aliphatic heterocycles. The number of benzene rings is 4. The first-order valence-corrected chi connectivity index (χ1v) is 14.0. The Morgan fingerprint density at radius 1 is 0.932 bits per heavy atom. The van der Waals surface area contributed by atoms with E-state index in [1.807, 2.05) is 32.9 Å². The van der Waals surface area contributed by atoms with Gasteiger partial charge in [0.2, 0.25) is 0 Å². The molecule has 8 nitrogen and oxygen atoms in total. The van der Waals surface area contributed by atoms with Crippen LogP contribution in [0.25, 0.3) is 11.1 Å². The number of hydrogen-bond donors (Lipinski definition) is 1. The van der Waals surface area contributed by atoms with Crippen molar-refractivity contribution in [2.24, 2.45) is 0 Å². The van der Waals surface area contributed by atoms with Gasteiger partial charge in [-0.1, -0.05) is 24.3 Å². The molecule has 0 unspecified atom stereocenters. The summed E-state index contributed by atoms with van der Waals surface area (Å²) in [4.78, 5) is 39.6. The summed E-state index contributed by atoms with van der Waals surface area (Å²) in [6, 6.07) is 19.5. The molecule has 0 saturated carbocycles. The number of aryl methyl sites for hydroxylation is 1. The lowest BCUT2D eigenvalue weighted by molar-refractivity contribution is -0.121. The number of likely N-dealkylation sites (N-methyl/N-ethyl adjacent to an activating group) is 1. The van der Waals surface area contributed by atoms with Crippen molar-refractivity contribution < 1.29 is 33.0 Å². The Kier molecular flexibility index (Phi) is 8.15. The van der Waals surface area contributed by atoms with Gasteiger partial charge in [-0.05, 0) is 75.2 Å². The Hall–Kier alpha value is -5.18. The molecule has 44 heavy (non-hydrogen) atoms. The van der Waals surface area contributed by atoms with Gasteiger partial charge in [-0.15, -0.1) is 0 Å². The zero-order valence-electron chi connectivity index (χ0n) is 25.4. The van der Waals surface area contributed by atoms with E-state index in [0.717, 1.165) is 11.3 Å². The third kappa shape index (κ3) is 5.86. The highest BCUT2D eigenvalue weighted by Crippen LogP contribution is 2.45. The molecule has 0 spiro atoms. The first-order chi connectivity index (χ1) is 20.9. The molecular formula is C35H33FN2O6. The minimum Gasteiger partial charge on any atom is -0.496 e. The number of rotatable bonds is 8. The maximum atomic E-state index is 14.1. The summed E-state index contributed by atoms with van der Waals surface area (Å²) < 4.78 is 31.6. The maximum Gasteiger partial charge on any atom is 0.343 e. The van der Waals surface area contributed by atoms with Crippen LogP contribution in [0.2, 0.25) is 0 Å². The molecular weight excluding hydrogens is 563 g/mol. The molecule has 0 bridgehead atoms. The molecule has 1 amide bonds. The first kappa shape index (κ1) is 30.3. The molecule has 4 aromatic rings. The molecule has 1 aliphatic rings. The van der Waals surface area contributed by atoms with Crippen LogP contribution in [0.4, 0.5) is 15.8 Å². The molecule has 0 aliphatic carbocycles. The van der Waals surface area contributed by atoms with Crippen molar-refractivity contribution in [2.75, 3.05) is 24.4 Å².